The molecule has 0 saturated heterocycles. The molecule has 0 aromatic carbocycles. The molecule has 6 aliphatic rings. The second-order valence-corrected chi connectivity index (χ2v) is 7.20. The lowest BCUT2D eigenvalue weighted by atomic mass is 9.13. The molecule has 4 unspecified atom stereocenters. The zero-order valence-corrected chi connectivity index (χ0v) is 9.18. The summed E-state index contributed by atoms with van der Waals surface area (Å²) in [7, 11) is 0. The van der Waals surface area contributed by atoms with Crippen LogP contribution in [0.3, 0.4) is 0 Å². The molecule has 0 aromatic rings. The standard InChI is InChI=1S/C10H9BrO4/c11-9-4-1-5(9)3-6(10(9,14)15)2(4)8(1,3)7(12)13/h1-6,14-15H,(H,12,13)/t1?,2-,3+,4-,5-,6?,8?,9?/m0/s1. The third-order valence-electron chi connectivity index (χ3n) is 6.35. The fourth-order valence-electron chi connectivity index (χ4n) is 6.26. The number of aliphatic carboxylic acids is 1. The third kappa shape index (κ3) is 0.349. The van der Waals surface area contributed by atoms with E-state index in [-0.39, 0.29) is 35.5 Å². The van der Waals surface area contributed by atoms with Gasteiger partial charge in [0, 0.05) is 5.92 Å². The van der Waals surface area contributed by atoms with Crippen molar-refractivity contribution in [3.05, 3.63) is 0 Å². The molecule has 0 spiro atoms. The summed E-state index contributed by atoms with van der Waals surface area (Å²) in [5, 5.41) is 29.4. The monoisotopic (exact) mass is 272 g/mol. The summed E-state index contributed by atoms with van der Waals surface area (Å²) < 4.78 is -0.568. The van der Waals surface area contributed by atoms with E-state index in [0.717, 1.165) is 0 Å². The van der Waals surface area contributed by atoms with Gasteiger partial charge in [-0.05, 0) is 29.6 Å². The number of carboxylic acids is 1. The highest BCUT2D eigenvalue weighted by atomic mass is 79.9. The average molecular weight is 273 g/mol. The van der Waals surface area contributed by atoms with E-state index < -0.39 is 21.5 Å². The quantitative estimate of drug-likeness (QED) is 0.450. The van der Waals surface area contributed by atoms with E-state index in [2.05, 4.69) is 15.9 Å². The highest BCUT2D eigenvalue weighted by Crippen LogP contribution is 3.03. The zero-order valence-electron chi connectivity index (χ0n) is 7.59. The molecular weight excluding hydrogens is 264 g/mol. The van der Waals surface area contributed by atoms with Crippen molar-refractivity contribution in [1.82, 2.24) is 0 Å². The van der Waals surface area contributed by atoms with Crippen LogP contribution in [0.4, 0.5) is 0 Å². The second-order valence-electron chi connectivity index (χ2n) is 5.89. The Hall–Kier alpha value is -0.130. The number of hydrogen-bond acceptors (Lipinski definition) is 3. The van der Waals surface area contributed by atoms with Crippen molar-refractivity contribution in [3.63, 3.8) is 0 Å². The number of alkyl halides is 1. The van der Waals surface area contributed by atoms with Gasteiger partial charge in [0.25, 0.3) is 0 Å². The van der Waals surface area contributed by atoms with Gasteiger partial charge >= 0.3 is 5.97 Å². The van der Waals surface area contributed by atoms with Crippen LogP contribution >= 0.6 is 15.9 Å². The molecule has 6 fully saturated rings. The Morgan fingerprint density at radius 1 is 1.00 bits per heavy atom. The van der Waals surface area contributed by atoms with E-state index >= 15 is 0 Å². The highest BCUT2D eigenvalue weighted by Gasteiger charge is 3.09. The summed E-state index contributed by atoms with van der Waals surface area (Å²) in [4.78, 5) is 11.3. The Balaban J connectivity index is 1.76. The summed E-state index contributed by atoms with van der Waals surface area (Å²) in [6.07, 6.45) is 0. The first-order valence-electron chi connectivity index (χ1n) is 5.30. The van der Waals surface area contributed by atoms with Crippen LogP contribution in [0.2, 0.25) is 0 Å². The summed E-state index contributed by atoms with van der Waals surface area (Å²) in [6.45, 7) is 0. The average Bonchev–Trinajstić information content (AvgIpc) is 2.25. The molecule has 4 nitrogen and oxygen atoms in total. The van der Waals surface area contributed by atoms with Crippen molar-refractivity contribution in [2.45, 2.75) is 10.1 Å². The summed E-state index contributed by atoms with van der Waals surface area (Å²) in [5.41, 5.74) is -0.551. The van der Waals surface area contributed by atoms with Crippen LogP contribution < -0.4 is 0 Å². The van der Waals surface area contributed by atoms with Gasteiger partial charge in [-0.15, -0.1) is 0 Å². The van der Waals surface area contributed by atoms with Crippen molar-refractivity contribution >= 4 is 21.9 Å². The van der Waals surface area contributed by atoms with Gasteiger partial charge in [-0.3, -0.25) is 4.79 Å². The number of hydrogen-bond donors (Lipinski definition) is 3. The van der Waals surface area contributed by atoms with E-state index in [1.165, 1.54) is 0 Å². The van der Waals surface area contributed by atoms with Crippen molar-refractivity contribution < 1.29 is 20.1 Å². The topological polar surface area (TPSA) is 77.8 Å². The van der Waals surface area contributed by atoms with Crippen molar-refractivity contribution in [3.8, 4) is 0 Å². The fraction of sp³-hybridized carbons (Fsp3) is 0.900. The first-order valence-corrected chi connectivity index (χ1v) is 6.09. The number of carbonyl (C=O) groups is 1. The molecule has 0 radical (unpaired) electrons. The molecule has 6 rings (SSSR count). The Morgan fingerprint density at radius 3 is 1.87 bits per heavy atom. The molecule has 80 valence electrons. The highest BCUT2D eigenvalue weighted by molar-refractivity contribution is 9.10. The minimum atomic E-state index is -1.66. The van der Waals surface area contributed by atoms with Gasteiger partial charge in [0.15, 0.2) is 5.79 Å². The van der Waals surface area contributed by atoms with Crippen LogP contribution in [0, 0.1) is 40.9 Å². The Bertz CT molecular complexity index is 438. The predicted molar refractivity (Wildman–Crippen MR) is 49.8 cm³/mol. The number of halogens is 1. The number of rotatable bonds is 1. The van der Waals surface area contributed by atoms with Gasteiger partial charge in [-0.2, -0.15) is 0 Å². The van der Waals surface area contributed by atoms with Gasteiger partial charge in [-0.25, -0.2) is 0 Å². The Labute approximate surface area is 93.4 Å². The lowest BCUT2D eigenvalue weighted by Crippen LogP contribution is -2.94. The van der Waals surface area contributed by atoms with Crippen LogP contribution in [-0.2, 0) is 4.79 Å². The fourth-order valence-corrected chi connectivity index (χ4v) is 7.66. The smallest absolute Gasteiger partial charge is 0.310 e. The van der Waals surface area contributed by atoms with Crippen LogP contribution in [-0.4, -0.2) is 31.4 Å². The van der Waals surface area contributed by atoms with Crippen LogP contribution in [0.1, 0.15) is 0 Å². The molecule has 0 aliphatic heterocycles. The lowest BCUT2D eigenvalue weighted by molar-refractivity contribution is -0.421. The molecular formula is C10H9BrO4. The second kappa shape index (κ2) is 1.52. The third-order valence-corrected chi connectivity index (χ3v) is 7.99. The Morgan fingerprint density at radius 2 is 1.47 bits per heavy atom. The number of carboxylic acid groups (broad SMARTS) is 1. The van der Waals surface area contributed by atoms with E-state index in [0.29, 0.717) is 0 Å². The van der Waals surface area contributed by atoms with Gasteiger partial charge in [-0.1, -0.05) is 15.9 Å². The molecule has 8 atom stereocenters. The molecule has 2 bridgehead atoms. The zero-order chi connectivity index (χ0) is 10.5. The molecule has 6 saturated carbocycles. The molecule has 6 aliphatic carbocycles. The minimum Gasteiger partial charge on any atom is -0.481 e. The van der Waals surface area contributed by atoms with Crippen molar-refractivity contribution in [2.24, 2.45) is 40.9 Å². The van der Waals surface area contributed by atoms with Crippen molar-refractivity contribution in [1.29, 1.82) is 0 Å². The first kappa shape index (κ1) is 8.03. The Kier molecular flexibility index (Phi) is 0.814. The van der Waals surface area contributed by atoms with Crippen molar-refractivity contribution in [2.75, 3.05) is 0 Å². The molecule has 0 heterocycles. The maximum Gasteiger partial charge on any atom is 0.310 e. The summed E-state index contributed by atoms with van der Waals surface area (Å²) >= 11 is 3.49. The minimum absolute atomic E-state index is 0.0179. The molecule has 15 heavy (non-hydrogen) atoms. The predicted octanol–water partition coefficient (Wildman–Crippen LogP) is -0.363. The number of aliphatic hydroxyl groups is 2. The normalized spacial score (nSPS) is 77.3. The van der Waals surface area contributed by atoms with E-state index in [1.807, 2.05) is 0 Å². The largest absolute Gasteiger partial charge is 0.481 e. The molecule has 3 N–H and O–H groups in total. The SMILES string of the molecule is O=C(O)C12C3[C@H]4[C@H]1C1[C@H]2[C@H]3C4(Br)C1(O)O. The molecule has 5 heteroatoms. The van der Waals surface area contributed by atoms with E-state index in [1.54, 1.807) is 0 Å². The summed E-state index contributed by atoms with van der Waals surface area (Å²) in [5.74, 6) is -1.90. The maximum absolute atomic E-state index is 11.3. The van der Waals surface area contributed by atoms with E-state index in [9.17, 15) is 20.1 Å². The molecule has 0 amide bonds. The lowest BCUT2D eigenvalue weighted by Gasteiger charge is -2.89. The van der Waals surface area contributed by atoms with Gasteiger partial charge < -0.3 is 15.3 Å². The van der Waals surface area contributed by atoms with Crippen LogP contribution in [0.15, 0.2) is 0 Å². The van der Waals surface area contributed by atoms with Gasteiger partial charge in [0.2, 0.25) is 0 Å². The van der Waals surface area contributed by atoms with Crippen LogP contribution in [0.25, 0.3) is 0 Å². The van der Waals surface area contributed by atoms with Gasteiger partial charge in [0.1, 0.15) is 0 Å². The maximum atomic E-state index is 11.3. The van der Waals surface area contributed by atoms with Gasteiger partial charge in [0.05, 0.1) is 9.74 Å². The summed E-state index contributed by atoms with van der Waals surface area (Å²) in [6, 6.07) is 0. The van der Waals surface area contributed by atoms with Crippen LogP contribution in [0.5, 0.6) is 0 Å². The first-order chi connectivity index (χ1) is 6.93. The molecule has 0 aromatic heterocycles. The van der Waals surface area contributed by atoms with E-state index in [4.69, 9.17) is 0 Å².